The summed E-state index contributed by atoms with van der Waals surface area (Å²) in [5.41, 5.74) is 7.93. The highest BCUT2D eigenvalue weighted by Crippen LogP contribution is 2.38. The van der Waals surface area contributed by atoms with Gasteiger partial charge >= 0.3 is 0 Å². The minimum atomic E-state index is 0.290. The van der Waals surface area contributed by atoms with Gasteiger partial charge in [-0.15, -0.1) is 11.3 Å². The van der Waals surface area contributed by atoms with Crippen molar-refractivity contribution < 1.29 is 0 Å². The van der Waals surface area contributed by atoms with Gasteiger partial charge in [0.05, 0.1) is 0 Å². The van der Waals surface area contributed by atoms with Crippen molar-refractivity contribution >= 4 is 11.3 Å². The van der Waals surface area contributed by atoms with Gasteiger partial charge in [-0.1, -0.05) is 26.7 Å². The Kier molecular flexibility index (Phi) is 4.04. The number of nitrogens with two attached hydrogens (primary N) is 1. The largest absolute Gasteiger partial charge is 0.323 e. The van der Waals surface area contributed by atoms with Gasteiger partial charge in [-0.3, -0.25) is 0 Å². The van der Waals surface area contributed by atoms with Crippen molar-refractivity contribution in [3.8, 4) is 0 Å². The first-order valence-electron chi connectivity index (χ1n) is 6.54. The molecule has 3 atom stereocenters. The van der Waals surface area contributed by atoms with E-state index in [9.17, 15) is 0 Å². The van der Waals surface area contributed by atoms with Gasteiger partial charge in [0.15, 0.2) is 0 Å². The molecular weight excluding hydrogens is 214 g/mol. The number of aryl methyl sites for hydroxylation is 1. The molecule has 2 rings (SSSR count). The van der Waals surface area contributed by atoms with Gasteiger partial charge in [0.2, 0.25) is 0 Å². The molecule has 1 nitrogen and oxygen atoms in total. The molecule has 0 aromatic carbocycles. The van der Waals surface area contributed by atoms with Crippen LogP contribution in [0.4, 0.5) is 0 Å². The highest BCUT2D eigenvalue weighted by Gasteiger charge is 2.26. The van der Waals surface area contributed by atoms with Gasteiger partial charge in [0, 0.05) is 10.9 Å². The average molecular weight is 237 g/mol. The van der Waals surface area contributed by atoms with Crippen molar-refractivity contribution in [2.24, 2.45) is 17.6 Å². The van der Waals surface area contributed by atoms with E-state index in [1.165, 1.54) is 36.1 Å². The summed E-state index contributed by atoms with van der Waals surface area (Å²) in [5.74, 6) is 1.59. The maximum absolute atomic E-state index is 6.46. The van der Waals surface area contributed by atoms with E-state index in [2.05, 4.69) is 25.3 Å². The minimum Gasteiger partial charge on any atom is -0.323 e. The fraction of sp³-hybridized carbons (Fsp3) is 0.714. The number of thiophene rings is 1. The molecule has 1 saturated carbocycles. The Morgan fingerprint density at radius 2 is 2.31 bits per heavy atom. The Morgan fingerprint density at radius 3 is 3.00 bits per heavy atom. The van der Waals surface area contributed by atoms with Crippen LogP contribution in [0.15, 0.2) is 11.4 Å². The SMILES string of the molecule is CCc1ccsc1C(N)C1CCCC(C)C1. The molecule has 0 spiro atoms. The second kappa shape index (κ2) is 5.33. The monoisotopic (exact) mass is 237 g/mol. The molecule has 2 heteroatoms. The summed E-state index contributed by atoms with van der Waals surface area (Å²) in [6, 6.07) is 2.53. The quantitative estimate of drug-likeness (QED) is 0.840. The third-order valence-electron chi connectivity index (χ3n) is 3.95. The van der Waals surface area contributed by atoms with Crippen molar-refractivity contribution in [3.05, 3.63) is 21.9 Å². The Labute approximate surface area is 103 Å². The predicted molar refractivity (Wildman–Crippen MR) is 71.7 cm³/mol. The molecule has 0 bridgehead atoms. The van der Waals surface area contributed by atoms with Gasteiger partial charge in [-0.2, -0.15) is 0 Å². The molecule has 0 saturated heterocycles. The highest BCUT2D eigenvalue weighted by molar-refractivity contribution is 7.10. The summed E-state index contributed by atoms with van der Waals surface area (Å²) in [6.07, 6.45) is 6.53. The summed E-state index contributed by atoms with van der Waals surface area (Å²) in [5, 5.41) is 2.19. The third-order valence-corrected chi connectivity index (χ3v) is 5.01. The van der Waals surface area contributed by atoms with Gasteiger partial charge in [-0.25, -0.2) is 0 Å². The standard InChI is InChI=1S/C14H23NS/c1-3-11-7-8-16-14(11)13(15)12-6-4-5-10(2)9-12/h7-8,10,12-13H,3-6,9,15H2,1-2H3. The van der Waals surface area contributed by atoms with Gasteiger partial charge in [0.1, 0.15) is 0 Å². The molecule has 1 fully saturated rings. The van der Waals surface area contributed by atoms with Crippen LogP contribution in [0.1, 0.15) is 56.0 Å². The zero-order chi connectivity index (χ0) is 11.5. The molecule has 3 unspecified atom stereocenters. The Morgan fingerprint density at radius 1 is 1.50 bits per heavy atom. The Bertz CT molecular complexity index is 331. The average Bonchev–Trinajstić information content (AvgIpc) is 2.76. The van der Waals surface area contributed by atoms with E-state index in [-0.39, 0.29) is 6.04 Å². The lowest BCUT2D eigenvalue weighted by Crippen LogP contribution is -2.26. The smallest absolute Gasteiger partial charge is 0.0421 e. The fourth-order valence-electron chi connectivity index (χ4n) is 2.95. The number of rotatable bonds is 3. The summed E-state index contributed by atoms with van der Waals surface area (Å²) >= 11 is 1.85. The second-order valence-corrected chi connectivity index (χ2v) is 6.17. The second-order valence-electron chi connectivity index (χ2n) is 5.22. The molecule has 1 aliphatic rings. The summed E-state index contributed by atoms with van der Waals surface area (Å²) in [4.78, 5) is 1.45. The molecule has 16 heavy (non-hydrogen) atoms. The van der Waals surface area contributed by atoms with E-state index in [0.717, 1.165) is 12.3 Å². The van der Waals surface area contributed by atoms with Crippen molar-refractivity contribution in [3.63, 3.8) is 0 Å². The number of hydrogen-bond acceptors (Lipinski definition) is 2. The highest BCUT2D eigenvalue weighted by atomic mass is 32.1. The van der Waals surface area contributed by atoms with Crippen molar-refractivity contribution in [1.29, 1.82) is 0 Å². The van der Waals surface area contributed by atoms with Crippen molar-refractivity contribution in [2.75, 3.05) is 0 Å². The van der Waals surface area contributed by atoms with E-state index in [4.69, 9.17) is 5.73 Å². The first-order chi connectivity index (χ1) is 7.72. The van der Waals surface area contributed by atoms with E-state index in [1.54, 1.807) is 0 Å². The molecule has 1 heterocycles. The van der Waals surface area contributed by atoms with Crippen LogP contribution in [0.2, 0.25) is 0 Å². The lowest BCUT2D eigenvalue weighted by atomic mass is 9.78. The molecule has 1 aromatic rings. The first-order valence-corrected chi connectivity index (χ1v) is 7.42. The lowest BCUT2D eigenvalue weighted by Gasteiger charge is -2.31. The van der Waals surface area contributed by atoms with Gasteiger partial charge in [0.25, 0.3) is 0 Å². The zero-order valence-electron chi connectivity index (χ0n) is 10.4. The van der Waals surface area contributed by atoms with Gasteiger partial charge in [-0.05, 0) is 48.1 Å². The summed E-state index contributed by atoms with van der Waals surface area (Å²) < 4.78 is 0. The molecule has 2 N–H and O–H groups in total. The normalized spacial score (nSPS) is 27.9. The fourth-order valence-corrected chi connectivity index (χ4v) is 4.05. The van der Waals surface area contributed by atoms with Crippen LogP contribution in [0, 0.1) is 11.8 Å². The number of hydrogen-bond donors (Lipinski definition) is 1. The van der Waals surface area contributed by atoms with Crippen molar-refractivity contribution in [1.82, 2.24) is 0 Å². The van der Waals surface area contributed by atoms with Crippen LogP contribution >= 0.6 is 11.3 Å². The molecule has 1 aromatic heterocycles. The van der Waals surface area contributed by atoms with E-state index in [1.807, 2.05) is 11.3 Å². The first kappa shape index (κ1) is 12.1. The van der Waals surface area contributed by atoms with Crippen LogP contribution in [0.5, 0.6) is 0 Å². The van der Waals surface area contributed by atoms with E-state index in [0.29, 0.717) is 5.92 Å². The Balaban J connectivity index is 2.09. The molecular formula is C14H23NS. The van der Waals surface area contributed by atoms with Crippen molar-refractivity contribution in [2.45, 2.75) is 52.0 Å². The maximum Gasteiger partial charge on any atom is 0.0421 e. The molecule has 0 radical (unpaired) electrons. The Hall–Kier alpha value is -0.340. The zero-order valence-corrected chi connectivity index (χ0v) is 11.2. The predicted octanol–water partition coefficient (Wildman–Crippen LogP) is 4.14. The van der Waals surface area contributed by atoms with Gasteiger partial charge < -0.3 is 5.73 Å². The molecule has 1 aliphatic carbocycles. The van der Waals surface area contributed by atoms with E-state index < -0.39 is 0 Å². The summed E-state index contributed by atoms with van der Waals surface area (Å²) in [6.45, 7) is 4.59. The van der Waals surface area contributed by atoms with Crippen LogP contribution in [-0.2, 0) is 6.42 Å². The molecule has 90 valence electrons. The maximum atomic E-state index is 6.46. The van der Waals surface area contributed by atoms with E-state index >= 15 is 0 Å². The topological polar surface area (TPSA) is 26.0 Å². The van der Waals surface area contributed by atoms with Crippen LogP contribution in [0.25, 0.3) is 0 Å². The van der Waals surface area contributed by atoms with Crippen LogP contribution in [-0.4, -0.2) is 0 Å². The van der Waals surface area contributed by atoms with Crippen LogP contribution < -0.4 is 5.73 Å². The minimum absolute atomic E-state index is 0.290. The molecule has 0 amide bonds. The molecule has 0 aliphatic heterocycles. The third kappa shape index (κ3) is 2.49. The van der Waals surface area contributed by atoms with Crippen LogP contribution in [0.3, 0.4) is 0 Å². The summed E-state index contributed by atoms with van der Waals surface area (Å²) in [7, 11) is 0. The lowest BCUT2D eigenvalue weighted by molar-refractivity contribution is 0.249.